The molecule has 7 heteroatoms. The highest BCUT2D eigenvalue weighted by Crippen LogP contribution is 2.41. The molecule has 0 saturated carbocycles. The van der Waals surface area contributed by atoms with Crippen molar-refractivity contribution in [3.05, 3.63) is 48.0 Å². The van der Waals surface area contributed by atoms with Crippen molar-refractivity contribution in [3.63, 3.8) is 0 Å². The third kappa shape index (κ3) is 4.04. The summed E-state index contributed by atoms with van der Waals surface area (Å²) in [6.45, 7) is 0.706. The highest BCUT2D eigenvalue weighted by Gasteiger charge is 2.31. The molecule has 2 aromatic carbocycles. The second kappa shape index (κ2) is 8.60. The molecule has 1 fully saturated rings. The van der Waals surface area contributed by atoms with Crippen molar-refractivity contribution in [2.45, 2.75) is 10.3 Å². The molecule has 1 heterocycles. The summed E-state index contributed by atoms with van der Waals surface area (Å²) in [7, 11) is 3.23. The first-order chi connectivity index (χ1) is 12.7. The Balaban J connectivity index is 1.78. The van der Waals surface area contributed by atoms with E-state index in [0.717, 1.165) is 21.9 Å². The minimum atomic E-state index is -0.0898. The second-order valence-corrected chi connectivity index (χ2v) is 7.76. The number of urea groups is 1. The molecule has 0 radical (unpaired) electrons. The minimum Gasteiger partial charge on any atom is -0.493 e. The van der Waals surface area contributed by atoms with E-state index in [0.29, 0.717) is 18.0 Å². The fraction of sp³-hybridized carbons (Fsp3) is 0.316. The van der Waals surface area contributed by atoms with E-state index >= 15 is 0 Å². The summed E-state index contributed by atoms with van der Waals surface area (Å²) in [4.78, 5) is 15.8. The lowest BCUT2D eigenvalue weighted by Gasteiger charge is -2.25. The number of hydrogen-bond donors (Lipinski definition) is 1. The van der Waals surface area contributed by atoms with E-state index in [9.17, 15) is 4.79 Å². The molecule has 138 valence electrons. The molecule has 26 heavy (non-hydrogen) atoms. The van der Waals surface area contributed by atoms with Gasteiger partial charge >= 0.3 is 6.03 Å². The van der Waals surface area contributed by atoms with E-state index in [4.69, 9.17) is 9.47 Å². The first-order valence-electron chi connectivity index (χ1n) is 8.21. The molecule has 1 N–H and O–H groups in total. The van der Waals surface area contributed by atoms with Crippen LogP contribution in [0, 0.1) is 0 Å². The van der Waals surface area contributed by atoms with Crippen molar-refractivity contribution in [2.75, 3.05) is 38.1 Å². The number of carbonyl (C=O) groups is 1. The molecule has 1 unspecified atom stereocenters. The molecule has 1 aliphatic heterocycles. The lowest BCUT2D eigenvalue weighted by molar-refractivity contribution is 0.214. The molecule has 5 nitrogen and oxygen atoms in total. The minimum absolute atomic E-state index is 0.0430. The molecule has 0 bridgehead atoms. The Hall–Kier alpha value is -1.99. The molecule has 3 rings (SSSR count). The Morgan fingerprint density at radius 1 is 1.19 bits per heavy atom. The second-order valence-electron chi connectivity index (χ2n) is 5.69. The summed E-state index contributed by atoms with van der Waals surface area (Å²) in [5, 5.41) is 2.97. The van der Waals surface area contributed by atoms with Crippen molar-refractivity contribution >= 4 is 35.2 Å². The van der Waals surface area contributed by atoms with Gasteiger partial charge in [-0.3, -0.25) is 0 Å². The predicted molar refractivity (Wildman–Crippen MR) is 109 cm³/mol. The number of ether oxygens (including phenoxy) is 2. The number of nitrogens with zero attached hydrogens (tertiary/aromatic N) is 1. The summed E-state index contributed by atoms with van der Waals surface area (Å²) in [6.07, 6.45) is 2.02. The highest BCUT2D eigenvalue weighted by molar-refractivity contribution is 7.99. The number of hydrogen-bond acceptors (Lipinski definition) is 5. The highest BCUT2D eigenvalue weighted by atomic mass is 32.2. The first-order valence-corrected chi connectivity index (χ1v) is 10.5. The Kier molecular flexibility index (Phi) is 6.21. The van der Waals surface area contributed by atoms with Gasteiger partial charge in [0.1, 0.15) is 5.37 Å². The van der Waals surface area contributed by atoms with Gasteiger partial charge in [0.25, 0.3) is 0 Å². The molecule has 2 amide bonds. The zero-order chi connectivity index (χ0) is 18.5. The number of nitrogens with one attached hydrogen (secondary N) is 1. The van der Waals surface area contributed by atoms with Gasteiger partial charge in [-0.05, 0) is 42.2 Å². The monoisotopic (exact) mass is 390 g/mol. The van der Waals surface area contributed by atoms with Crippen molar-refractivity contribution in [2.24, 2.45) is 0 Å². The number of rotatable bonds is 5. The van der Waals surface area contributed by atoms with Crippen LogP contribution in [0.5, 0.6) is 11.5 Å². The zero-order valence-corrected chi connectivity index (χ0v) is 16.7. The maximum atomic E-state index is 12.8. The van der Waals surface area contributed by atoms with Gasteiger partial charge in [-0.2, -0.15) is 0 Å². The molecular formula is C19H22N2O3S2. The van der Waals surface area contributed by atoms with Crippen molar-refractivity contribution in [3.8, 4) is 11.5 Å². The maximum absolute atomic E-state index is 12.8. The van der Waals surface area contributed by atoms with Crippen molar-refractivity contribution in [1.29, 1.82) is 0 Å². The topological polar surface area (TPSA) is 50.8 Å². The molecule has 2 aromatic rings. The smallest absolute Gasteiger partial charge is 0.323 e. The fourth-order valence-corrected chi connectivity index (χ4v) is 4.56. The molecular weight excluding hydrogens is 368 g/mol. The fourth-order valence-electron chi connectivity index (χ4n) is 2.86. The number of benzene rings is 2. The van der Waals surface area contributed by atoms with Crippen LogP contribution < -0.4 is 14.8 Å². The van der Waals surface area contributed by atoms with Gasteiger partial charge in [-0.1, -0.05) is 12.1 Å². The molecule has 0 aliphatic carbocycles. The van der Waals surface area contributed by atoms with Crippen molar-refractivity contribution < 1.29 is 14.3 Å². The summed E-state index contributed by atoms with van der Waals surface area (Å²) < 4.78 is 10.7. The van der Waals surface area contributed by atoms with Gasteiger partial charge in [0.15, 0.2) is 11.5 Å². The Morgan fingerprint density at radius 2 is 2.00 bits per heavy atom. The van der Waals surface area contributed by atoms with Crippen LogP contribution in [0.2, 0.25) is 0 Å². The van der Waals surface area contributed by atoms with Crippen LogP contribution in [-0.4, -0.2) is 43.7 Å². The quantitative estimate of drug-likeness (QED) is 0.750. The Labute approximate surface area is 162 Å². The molecule has 1 atom stereocenters. The van der Waals surface area contributed by atoms with Gasteiger partial charge < -0.3 is 19.7 Å². The zero-order valence-electron chi connectivity index (χ0n) is 15.0. The van der Waals surface area contributed by atoms with Crippen LogP contribution in [0.1, 0.15) is 10.9 Å². The van der Waals surface area contributed by atoms with Crippen LogP contribution in [0.15, 0.2) is 47.4 Å². The average molecular weight is 391 g/mol. The van der Waals surface area contributed by atoms with Gasteiger partial charge in [0.2, 0.25) is 0 Å². The number of thioether (sulfide) groups is 2. The number of methoxy groups -OCH3 is 2. The lowest BCUT2D eigenvalue weighted by Crippen LogP contribution is -2.34. The maximum Gasteiger partial charge on any atom is 0.323 e. The lowest BCUT2D eigenvalue weighted by atomic mass is 10.2. The van der Waals surface area contributed by atoms with E-state index in [1.165, 1.54) is 0 Å². The third-order valence-electron chi connectivity index (χ3n) is 4.17. The van der Waals surface area contributed by atoms with E-state index < -0.39 is 0 Å². The van der Waals surface area contributed by atoms with E-state index in [-0.39, 0.29) is 11.4 Å². The van der Waals surface area contributed by atoms with Crippen LogP contribution in [0.3, 0.4) is 0 Å². The Morgan fingerprint density at radius 3 is 2.73 bits per heavy atom. The average Bonchev–Trinajstić information content (AvgIpc) is 3.17. The summed E-state index contributed by atoms with van der Waals surface area (Å²) in [6, 6.07) is 13.6. The SMILES string of the molecule is COc1ccc(C2SCCN2C(=O)Nc2cccc(SC)c2)cc1OC. The standard InChI is InChI=1S/C19H22N2O3S2/c1-23-16-8-7-13(11-17(16)24-2)18-21(9-10-26-18)19(22)20-14-5-4-6-15(12-14)25-3/h4-8,11-12,18H,9-10H2,1-3H3,(H,20,22). The summed E-state index contributed by atoms with van der Waals surface area (Å²) in [5.74, 6) is 2.26. The van der Waals surface area contributed by atoms with Crippen LogP contribution >= 0.6 is 23.5 Å². The first kappa shape index (κ1) is 18.8. The van der Waals surface area contributed by atoms with Gasteiger partial charge in [0.05, 0.1) is 14.2 Å². The molecule has 0 aromatic heterocycles. The van der Waals surface area contributed by atoms with Crippen molar-refractivity contribution in [1.82, 2.24) is 4.90 Å². The third-order valence-corrected chi connectivity index (χ3v) is 6.15. The number of anilines is 1. The van der Waals surface area contributed by atoms with Gasteiger partial charge in [-0.15, -0.1) is 23.5 Å². The van der Waals surface area contributed by atoms with Crippen LogP contribution in [0.25, 0.3) is 0 Å². The Bertz CT molecular complexity index is 785. The van der Waals surface area contributed by atoms with Gasteiger partial charge in [-0.25, -0.2) is 4.79 Å². The molecule has 0 spiro atoms. The van der Waals surface area contributed by atoms with E-state index in [1.54, 1.807) is 37.7 Å². The normalized spacial score (nSPS) is 16.4. The summed E-state index contributed by atoms with van der Waals surface area (Å²) >= 11 is 3.40. The van der Waals surface area contributed by atoms with E-state index in [1.807, 2.05) is 53.6 Å². The molecule has 1 aliphatic rings. The van der Waals surface area contributed by atoms with Crippen LogP contribution in [0.4, 0.5) is 10.5 Å². The number of carbonyl (C=O) groups excluding carboxylic acids is 1. The van der Waals surface area contributed by atoms with Crippen LogP contribution in [-0.2, 0) is 0 Å². The molecule has 1 saturated heterocycles. The van der Waals surface area contributed by atoms with E-state index in [2.05, 4.69) is 5.32 Å². The summed E-state index contributed by atoms with van der Waals surface area (Å²) in [5.41, 5.74) is 1.84. The van der Waals surface area contributed by atoms with Gasteiger partial charge in [0, 0.05) is 22.9 Å². The number of amides is 2. The predicted octanol–water partition coefficient (Wildman–Crippen LogP) is 4.71. The largest absolute Gasteiger partial charge is 0.493 e.